The highest BCUT2D eigenvalue weighted by Gasteiger charge is 2.53. The Labute approximate surface area is 210 Å². The van der Waals surface area contributed by atoms with Crippen LogP contribution in [0.25, 0.3) is 5.70 Å². The second-order valence-corrected chi connectivity index (χ2v) is 11.4. The van der Waals surface area contributed by atoms with Gasteiger partial charge in [0.1, 0.15) is 6.54 Å². The lowest BCUT2D eigenvalue weighted by atomic mass is 9.93. The highest BCUT2D eigenvalue weighted by atomic mass is 32.2. The SMILES string of the molecule is C[N+]1(CC2=C(c3nn[nH]n3)N3C(=O)C[C@H]3SC2)[C@@H]2CC[C@H]1CC(NC(=O)c1cc(O)c(O)c(F)c1)C2. The number of halogens is 1. The van der Waals surface area contributed by atoms with E-state index in [0.717, 1.165) is 65.9 Å². The number of tetrazole rings is 1. The summed E-state index contributed by atoms with van der Waals surface area (Å²) in [7, 11) is 2.25. The molecule has 1 aromatic carbocycles. The molecule has 5 heterocycles. The van der Waals surface area contributed by atoms with Crippen molar-refractivity contribution < 1.29 is 28.7 Å². The molecule has 5 atom stereocenters. The monoisotopic (exact) mass is 516 g/mol. The van der Waals surface area contributed by atoms with E-state index in [9.17, 15) is 24.2 Å². The normalized spacial score (nSPS) is 31.3. The van der Waals surface area contributed by atoms with Crippen molar-refractivity contribution in [3.05, 3.63) is 34.9 Å². The zero-order chi connectivity index (χ0) is 25.2. The van der Waals surface area contributed by atoms with Crippen LogP contribution in [0.1, 0.15) is 48.3 Å². The number of carbonyl (C=O) groups excluding carboxylic acids is 2. The molecule has 2 bridgehead atoms. The first-order valence-electron chi connectivity index (χ1n) is 12.0. The van der Waals surface area contributed by atoms with Crippen molar-refractivity contribution in [1.82, 2.24) is 30.8 Å². The molecule has 4 N–H and O–H groups in total. The first-order valence-corrected chi connectivity index (χ1v) is 13.1. The van der Waals surface area contributed by atoms with Crippen molar-refractivity contribution in [3.8, 4) is 11.5 Å². The van der Waals surface area contributed by atoms with Crippen LogP contribution < -0.4 is 5.32 Å². The number of carbonyl (C=O) groups is 2. The average molecular weight is 517 g/mol. The third kappa shape index (κ3) is 3.63. The maximum absolute atomic E-state index is 13.8. The summed E-state index contributed by atoms with van der Waals surface area (Å²) in [6.45, 7) is 0.764. The third-order valence-corrected chi connectivity index (χ3v) is 9.55. The molecule has 3 fully saturated rings. The standard InChI is InChI=1S/C23H26FN7O4S/c1-31(9-12-10-36-19-8-18(33)30(19)20(12)22-26-28-29-27-22)14-2-3-15(31)7-13(6-14)25-23(35)11-4-16(24)21(34)17(32)5-11/h4-5,13-15,19H,2-3,6-10H2,1H3,(H3-,25,26,27,28,29,32,34,35)/p+1/t13?,14-,15+,19-,31?/m1/s1. The number of hydrogen-bond acceptors (Lipinski definition) is 8. The molecule has 13 heteroatoms. The van der Waals surface area contributed by atoms with Crippen LogP contribution in [0.15, 0.2) is 17.7 Å². The summed E-state index contributed by atoms with van der Waals surface area (Å²) in [6.07, 6.45) is 4.14. The van der Waals surface area contributed by atoms with Gasteiger partial charge in [0.2, 0.25) is 11.7 Å². The lowest BCUT2D eigenvalue weighted by molar-refractivity contribution is -0.944. The number of hydrogen-bond donors (Lipinski definition) is 4. The number of amides is 2. The summed E-state index contributed by atoms with van der Waals surface area (Å²) < 4.78 is 14.6. The van der Waals surface area contributed by atoms with E-state index in [2.05, 4.69) is 33.0 Å². The number of rotatable bonds is 5. The minimum atomic E-state index is -1.04. The van der Waals surface area contributed by atoms with Crippen molar-refractivity contribution in [3.63, 3.8) is 0 Å². The van der Waals surface area contributed by atoms with Gasteiger partial charge in [-0.2, -0.15) is 5.21 Å². The Morgan fingerprint density at radius 2 is 2.06 bits per heavy atom. The molecule has 2 unspecified atom stereocenters. The molecule has 2 amide bonds. The number of benzene rings is 1. The summed E-state index contributed by atoms with van der Waals surface area (Å²) in [5.41, 5.74) is 1.90. The number of phenolic OH excluding ortho intramolecular Hbond substituents is 2. The molecular formula is C23H27FN7O4S+. The summed E-state index contributed by atoms with van der Waals surface area (Å²) in [5.74, 6) is -1.70. The number of fused-ring (bicyclic) bond motifs is 3. The van der Waals surface area contributed by atoms with E-state index >= 15 is 0 Å². The van der Waals surface area contributed by atoms with Gasteiger partial charge in [-0.3, -0.25) is 14.5 Å². The van der Waals surface area contributed by atoms with E-state index in [1.165, 1.54) is 0 Å². The molecule has 11 nitrogen and oxygen atoms in total. The Morgan fingerprint density at radius 1 is 1.31 bits per heavy atom. The van der Waals surface area contributed by atoms with Crippen molar-refractivity contribution in [2.24, 2.45) is 0 Å². The second-order valence-electron chi connectivity index (χ2n) is 10.3. The van der Waals surface area contributed by atoms with Crippen molar-refractivity contribution in [1.29, 1.82) is 0 Å². The van der Waals surface area contributed by atoms with E-state index in [1.54, 1.807) is 11.8 Å². The largest absolute Gasteiger partial charge is 0.504 e. The number of phenols is 2. The lowest BCUT2D eigenvalue weighted by Crippen LogP contribution is -2.62. The molecular weight excluding hydrogens is 489 g/mol. The molecule has 2 aromatic rings. The number of H-pyrrole nitrogens is 1. The Bertz CT molecular complexity index is 1230. The summed E-state index contributed by atoms with van der Waals surface area (Å²) >= 11 is 1.77. The minimum Gasteiger partial charge on any atom is -0.504 e. The van der Waals surface area contributed by atoms with Gasteiger partial charge in [-0.1, -0.05) is 0 Å². The van der Waals surface area contributed by atoms with Crippen molar-refractivity contribution in [2.75, 3.05) is 19.3 Å². The van der Waals surface area contributed by atoms with Gasteiger partial charge in [0.15, 0.2) is 17.3 Å². The molecule has 190 valence electrons. The van der Waals surface area contributed by atoms with Gasteiger partial charge in [0.05, 0.1) is 36.6 Å². The Balaban J connectivity index is 1.21. The fourth-order valence-corrected chi connectivity index (χ4v) is 7.64. The lowest BCUT2D eigenvalue weighted by Gasteiger charge is -2.50. The zero-order valence-electron chi connectivity index (χ0n) is 19.6. The summed E-state index contributed by atoms with van der Waals surface area (Å²) in [5, 5.41) is 36.8. The predicted molar refractivity (Wildman–Crippen MR) is 127 cm³/mol. The fraction of sp³-hybridized carbons (Fsp3) is 0.522. The molecule has 1 aromatic heterocycles. The third-order valence-electron chi connectivity index (χ3n) is 8.28. The van der Waals surface area contributed by atoms with Crippen LogP contribution in [0.4, 0.5) is 4.39 Å². The number of aromatic hydroxyl groups is 2. The van der Waals surface area contributed by atoms with E-state index in [4.69, 9.17) is 0 Å². The molecule has 6 rings (SSSR count). The molecule has 0 spiro atoms. The number of aromatic amines is 1. The summed E-state index contributed by atoms with van der Waals surface area (Å²) in [4.78, 5) is 27.0. The van der Waals surface area contributed by atoms with Gasteiger partial charge in [-0.15, -0.1) is 22.0 Å². The number of likely N-dealkylation sites (N-methyl/N-ethyl adjacent to an activating group) is 1. The van der Waals surface area contributed by atoms with E-state index in [-0.39, 0.29) is 22.9 Å². The first-order chi connectivity index (χ1) is 17.2. The van der Waals surface area contributed by atoms with Crippen LogP contribution in [-0.2, 0) is 4.79 Å². The molecule has 0 radical (unpaired) electrons. The Morgan fingerprint density at radius 3 is 2.69 bits per heavy atom. The van der Waals surface area contributed by atoms with E-state index in [1.807, 2.05) is 4.90 Å². The smallest absolute Gasteiger partial charge is 0.251 e. The predicted octanol–water partition coefficient (Wildman–Crippen LogP) is 1.34. The molecule has 4 aliphatic heterocycles. The van der Waals surface area contributed by atoms with Gasteiger partial charge in [-0.05, 0) is 17.3 Å². The first kappa shape index (κ1) is 23.2. The van der Waals surface area contributed by atoms with Gasteiger partial charge < -0.3 is 20.0 Å². The van der Waals surface area contributed by atoms with Crippen molar-refractivity contribution in [2.45, 2.75) is 55.6 Å². The topological polar surface area (TPSA) is 144 Å². The van der Waals surface area contributed by atoms with Crippen LogP contribution in [0.3, 0.4) is 0 Å². The zero-order valence-corrected chi connectivity index (χ0v) is 20.5. The number of nitrogens with one attached hydrogen (secondary N) is 2. The molecule has 36 heavy (non-hydrogen) atoms. The quantitative estimate of drug-likeness (QED) is 0.265. The number of thioether (sulfide) groups is 1. The van der Waals surface area contributed by atoms with Crippen LogP contribution in [0.5, 0.6) is 11.5 Å². The van der Waals surface area contributed by atoms with Crippen molar-refractivity contribution >= 4 is 29.3 Å². The Kier molecular flexibility index (Phi) is 5.45. The molecule has 4 aliphatic rings. The maximum atomic E-state index is 13.8. The Hall–Kier alpha value is -3.19. The highest BCUT2D eigenvalue weighted by molar-refractivity contribution is 8.00. The fourth-order valence-electron chi connectivity index (χ4n) is 6.39. The van der Waals surface area contributed by atoms with E-state index in [0.29, 0.717) is 24.3 Å². The maximum Gasteiger partial charge on any atom is 0.251 e. The van der Waals surface area contributed by atoms with Crippen LogP contribution >= 0.6 is 11.8 Å². The summed E-state index contributed by atoms with van der Waals surface area (Å²) in [6, 6.07) is 2.55. The van der Waals surface area contributed by atoms with Gasteiger partial charge in [-0.25, -0.2) is 4.39 Å². The van der Waals surface area contributed by atoms with Gasteiger partial charge >= 0.3 is 0 Å². The van der Waals surface area contributed by atoms with Crippen LogP contribution in [0, 0.1) is 5.82 Å². The molecule has 0 aliphatic carbocycles. The number of β-lactam (4-membered cyclic amide) rings is 1. The molecule has 3 saturated heterocycles. The van der Waals surface area contributed by atoms with E-state index < -0.39 is 23.2 Å². The average Bonchev–Trinajstić information content (AvgIpc) is 3.40. The number of nitrogens with zero attached hydrogens (tertiary/aromatic N) is 5. The van der Waals surface area contributed by atoms with Crippen LogP contribution in [0.2, 0.25) is 0 Å². The highest BCUT2D eigenvalue weighted by Crippen LogP contribution is 2.47. The van der Waals surface area contributed by atoms with Crippen LogP contribution in [-0.4, -0.2) is 94.9 Å². The number of aromatic nitrogens is 4. The second kappa shape index (κ2) is 8.44. The molecule has 0 saturated carbocycles. The van der Waals surface area contributed by atoms with Gasteiger partial charge in [0.25, 0.3) is 5.91 Å². The van der Waals surface area contributed by atoms with Gasteiger partial charge in [0, 0.05) is 48.6 Å². The number of piperidine rings is 1. The number of quaternary nitrogens is 1. The minimum absolute atomic E-state index is 0.0270.